The van der Waals surface area contributed by atoms with Crippen LogP contribution in [0.2, 0.25) is 0 Å². The van der Waals surface area contributed by atoms with Gasteiger partial charge in [-0.05, 0) is 20.3 Å². The van der Waals surface area contributed by atoms with Crippen LogP contribution in [0.25, 0.3) is 0 Å². The Kier molecular flexibility index (Phi) is 4.53. The molecule has 0 saturated carbocycles. The third-order valence-electron chi connectivity index (χ3n) is 2.74. The molecule has 90 valence electrons. The van der Waals surface area contributed by atoms with Crippen molar-refractivity contribution in [1.82, 2.24) is 15.1 Å². The van der Waals surface area contributed by atoms with Gasteiger partial charge in [-0.25, -0.2) is 0 Å². The van der Waals surface area contributed by atoms with E-state index in [1.54, 1.807) is 6.20 Å². The van der Waals surface area contributed by atoms with Crippen molar-refractivity contribution in [3.63, 3.8) is 0 Å². The van der Waals surface area contributed by atoms with Crippen LogP contribution >= 0.6 is 15.9 Å². The SMILES string of the molecule is CCC(Br)C(=O)NC(C)c1cnn(C)c1C. The average molecular weight is 288 g/mol. The van der Waals surface area contributed by atoms with Crippen LogP contribution in [0.15, 0.2) is 6.20 Å². The van der Waals surface area contributed by atoms with Crippen LogP contribution in [-0.2, 0) is 11.8 Å². The normalized spacial score (nSPS) is 14.6. The fourth-order valence-electron chi connectivity index (χ4n) is 1.51. The Morgan fingerprint density at radius 1 is 1.69 bits per heavy atom. The highest BCUT2D eigenvalue weighted by atomic mass is 79.9. The number of hydrogen-bond acceptors (Lipinski definition) is 2. The minimum absolute atomic E-state index is 0.00667. The third-order valence-corrected chi connectivity index (χ3v) is 3.80. The van der Waals surface area contributed by atoms with Gasteiger partial charge in [0.15, 0.2) is 0 Å². The zero-order chi connectivity index (χ0) is 12.3. The van der Waals surface area contributed by atoms with E-state index < -0.39 is 0 Å². The first-order valence-electron chi connectivity index (χ1n) is 5.40. The van der Waals surface area contributed by atoms with Crippen molar-refractivity contribution >= 4 is 21.8 Å². The van der Waals surface area contributed by atoms with Crippen molar-refractivity contribution in [3.05, 3.63) is 17.5 Å². The van der Waals surface area contributed by atoms with Crippen LogP contribution in [0, 0.1) is 6.92 Å². The zero-order valence-corrected chi connectivity index (χ0v) is 11.7. The molecule has 0 saturated heterocycles. The van der Waals surface area contributed by atoms with Gasteiger partial charge in [-0.3, -0.25) is 9.48 Å². The Labute approximate surface area is 105 Å². The number of amides is 1. The summed E-state index contributed by atoms with van der Waals surface area (Å²) in [5, 5.41) is 7.13. The van der Waals surface area contributed by atoms with Crippen LogP contribution in [0.1, 0.15) is 37.6 Å². The molecular formula is C11H18BrN3O. The van der Waals surface area contributed by atoms with Gasteiger partial charge >= 0.3 is 0 Å². The summed E-state index contributed by atoms with van der Waals surface area (Å²) in [6.07, 6.45) is 2.58. The van der Waals surface area contributed by atoms with E-state index in [9.17, 15) is 4.79 Å². The lowest BCUT2D eigenvalue weighted by Crippen LogP contribution is -2.33. The minimum Gasteiger partial charge on any atom is -0.348 e. The molecule has 4 nitrogen and oxygen atoms in total. The van der Waals surface area contributed by atoms with Crippen LogP contribution in [0.3, 0.4) is 0 Å². The summed E-state index contributed by atoms with van der Waals surface area (Å²) in [7, 11) is 1.90. The summed E-state index contributed by atoms with van der Waals surface area (Å²) in [6.45, 7) is 5.94. The lowest BCUT2D eigenvalue weighted by Gasteiger charge is -2.15. The monoisotopic (exact) mass is 287 g/mol. The summed E-state index contributed by atoms with van der Waals surface area (Å²) < 4.78 is 1.81. The van der Waals surface area contributed by atoms with E-state index >= 15 is 0 Å². The Bertz CT molecular complexity index is 375. The number of aromatic nitrogens is 2. The van der Waals surface area contributed by atoms with Gasteiger partial charge in [0.1, 0.15) is 0 Å². The van der Waals surface area contributed by atoms with Crippen LogP contribution < -0.4 is 5.32 Å². The van der Waals surface area contributed by atoms with Crippen molar-refractivity contribution in [3.8, 4) is 0 Å². The number of carbonyl (C=O) groups excluding carboxylic acids is 1. The molecule has 0 aliphatic rings. The molecule has 0 aliphatic heterocycles. The van der Waals surface area contributed by atoms with Gasteiger partial charge in [-0.1, -0.05) is 22.9 Å². The number of rotatable bonds is 4. The number of nitrogens with one attached hydrogen (secondary N) is 1. The van der Waals surface area contributed by atoms with Gasteiger partial charge in [-0.15, -0.1) is 0 Å². The Balaban J connectivity index is 2.69. The fraction of sp³-hybridized carbons (Fsp3) is 0.636. The van der Waals surface area contributed by atoms with Crippen LogP contribution in [-0.4, -0.2) is 20.5 Å². The lowest BCUT2D eigenvalue weighted by atomic mass is 10.1. The van der Waals surface area contributed by atoms with E-state index in [0.717, 1.165) is 17.7 Å². The van der Waals surface area contributed by atoms with E-state index in [1.165, 1.54) is 0 Å². The maximum absolute atomic E-state index is 11.7. The second kappa shape index (κ2) is 5.48. The average Bonchev–Trinajstić information content (AvgIpc) is 2.58. The predicted molar refractivity (Wildman–Crippen MR) is 67.5 cm³/mol. The quantitative estimate of drug-likeness (QED) is 0.862. The molecule has 1 aromatic rings. The van der Waals surface area contributed by atoms with E-state index in [4.69, 9.17) is 0 Å². The fourth-order valence-corrected chi connectivity index (χ4v) is 1.64. The number of halogens is 1. The lowest BCUT2D eigenvalue weighted by molar-refractivity contribution is -0.121. The molecule has 16 heavy (non-hydrogen) atoms. The third kappa shape index (κ3) is 2.84. The van der Waals surface area contributed by atoms with Gasteiger partial charge in [0.2, 0.25) is 5.91 Å². The number of aryl methyl sites for hydroxylation is 1. The Morgan fingerprint density at radius 3 is 2.75 bits per heavy atom. The molecule has 0 bridgehead atoms. The standard InChI is InChI=1S/C11H18BrN3O/c1-5-10(12)11(16)14-7(2)9-6-13-15(4)8(9)3/h6-7,10H,5H2,1-4H3,(H,14,16). The predicted octanol–water partition coefficient (Wildman–Crippen LogP) is 2.08. The Morgan fingerprint density at radius 2 is 2.31 bits per heavy atom. The molecule has 2 unspecified atom stereocenters. The Hall–Kier alpha value is -0.840. The van der Waals surface area contributed by atoms with E-state index in [-0.39, 0.29) is 16.8 Å². The van der Waals surface area contributed by atoms with Crippen molar-refractivity contribution in [2.75, 3.05) is 0 Å². The van der Waals surface area contributed by atoms with Crippen LogP contribution in [0.5, 0.6) is 0 Å². The van der Waals surface area contributed by atoms with Gasteiger partial charge in [0, 0.05) is 18.3 Å². The highest BCUT2D eigenvalue weighted by molar-refractivity contribution is 9.10. The second-order valence-corrected chi connectivity index (χ2v) is 5.02. The molecule has 1 N–H and O–H groups in total. The van der Waals surface area contributed by atoms with Gasteiger partial charge in [0.25, 0.3) is 0 Å². The van der Waals surface area contributed by atoms with E-state index in [0.29, 0.717) is 0 Å². The van der Waals surface area contributed by atoms with E-state index in [1.807, 2.05) is 32.5 Å². The molecule has 0 aromatic carbocycles. The molecule has 1 aromatic heterocycles. The van der Waals surface area contributed by atoms with E-state index in [2.05, 4.69) is 26.3 Å². The van der Waals surface area contributed by atoms with Crippen molar-refractivity contribution in [2.24, 2.45) is 7.05 Å². The maximum atomic E-state index is 11.7. The van der Waals surface area contributed by atoms with Gasteiger partial charge < -0.3 is 5.32 Å². The summed E-state index contributed by atoms with van der Waals surface area (Å²) in [4.78, 5) is 11.6. The molecule has 1 heterocycles. The summed E-state index contributed by atoms with van der Waals surface area (Å²) in [5.74, 6) is 0.0262. The summed E-state index contributed by atoms with van der Waals surface area (Å²) >= 11 is 3.33. The minimum atomic E-state index is -0.119. The molecular weight excluding hydrogens is 270 g/mol. The second-order valence-electron chi connectivity index (χ2n) is 3.91. The largest absolute Gasteiger partial charge is 0.348 e. The summed E-state index contributed by atoms with van der Waals surface area (Å²) in [6, 6.07) is -0.00667. The molecule has 0 aliphatic carbocycles. The number of hydrogen-bond donors (Lipinski definition) is 1. The highest BCUT2D eigenvalue weighted by Crippen LogP contribution is 2.17. The highest BCUT2D eigenvalue weighted by Gasteiger charge is 2.18. The van der Waals surface area contributed by atoms with Crippen molar-refractivity contribution in [1.29, 1.82) is 0 Å². The van der Waals surface area contributed by atoms with Gasteiger partial charge in [0.05, 0.1) is 17.1 Å². The van der Waals surface area contributed by atoms with Crippen molar-refractivity contribution < 1.29 is 4.79 Å². The number of alkyl halides is 1. The zero-order valence-electron chi connectivity index (χ0n) is 10.1. The molecule has 1 amide bonds. The molecule has 5 heteroatoms. The number of carbonyl (C=O) groups is 1. The molecule has 0 fully saturated rings. The van der Waals surface area contributed by atoms with Gasteiger partial charge in [-0.2, -0.15) is 5.10 Å². The topological polar surface area (TPSA) is 46.9 Å². The van der Waals surface area contributed by atoms with Crippen LogP contribution in [0.4, 0.5) is 0 Å². The first-order chi connectivity index (χ1) is 7.47. The molecule has 2 atom stereocenters. The summed E-state index contributed by atoms with van der Waals surface area (Å²) in [5.41, 5.74) is 2.14. The smallest absolute Gasteiger partial charge is 0.234 e. The first-order valence-corrected chi connectivity index (χ1v) is 6.31. The number of nitrogens with zero attached hydrogens (tertiary/aromatic N) is 2. The molecule has 1 rings (SSSR count). The molecule has 0 spiro atoms. The first kappa shape index (κ1) is 13.2. The van der Waals surface area contributed by atoms with Crippen molar-refractivity contribution in [2.45, 2.75) is 38.1 Å². The molecule has 0 radical (unpaired) electrons. The maximum Gasteiger partial charge on any atom is 0.234 e.